The van der Waals surface area contributed by atoms with Crippen molar-refractivity contribution < 1.29 is 34.2 Å². The van der Waals surface area contributed by atoms with Gasteiger partial charge in [0.25, 0.3) is 0 Å². The molecule has 3 amide bonds. The molecule has 0 spiro atoms. The van der Waals surface area contributed by atoms with Crippen molar-refractivity contribution in [3.63, 3.8) is 0 Å². The summed E-state index contributed by atoms with van der Waals surface area (Å²) in [5.74, 6) is -2.85. The number of hydrogen-bond acceptors (Lipinski definition) is 6. The van der Waals surface area contributed by atoms with E-state index in [2.05, 4.69) is 15.7 Å². The molecule has 2 aromatic rings. The lowest BCUT2D eigenvalue weighted by Crippen LogP contribution is -2.44. The number of amides is 3. The molecule has 0 fully saturated rings. The number of rotatable bonds is 12. The Labute approximate surface area is 195 Å². The van der Waals surface area contributed by atoms with Crippen LogP contribution in [0.4, 0.5) is 4.79 Å². The number of hydrogen-bond donors (Lipinski definition) is 4. The van der Waals surface area contributed by atoms with Crippen LogP contribution in [0, 0.1) is 0 Å². The zero-order valence-corrected chi connectivity index (χ0v) is 19.1. The number of carboxylic acids is 2. The topological polar surface area (TPSA) is 171 Å². The normalized spacial score (nSPS) is 11.6. The minimum atomic E-state index is -1.27. The fourth-order valence-corrected chi connectivity index (χ4v) is 3.34. The summed E-state index contributed by atoms with van der Waals surface area (Å²) in [6, 6.07) is 5.24. The predicted molar refractivity (Wildman–Crippen MR) is 121 cm³/mol. The molecule has 2 rings (SSSR count). The number of nitrogens with zero attached hydrogens (tertiary/aromatic N) is 3. The van der Waals surface area contributed by atoms with Crippen molar-refractivity contribution in [1.29, 1.82) is 0 Å². The van der Waals surface area contributed by atoms with Crippen LogP contribution in [0.15, 0.2) is 24.3 Å². The first-order chi connectivity index (χ1) is 16.1. The van der Waals surface area contributed by atoms with Gasteiger partial charge in [-0.05, 0) is 25.8 Å². The van der Waals surface area contributed by atoms with Gasteiger partial charge in [0.05, 0.1) is 5.52 Å². The van der Waals surface area contributed by atoms with E-state index in [9.17, 15) is 29.1 Å². The van der Waals surface area contributed by atoms with Crippen molar-refractivity contribution in [1.82, 2.24) is 25.3 Å². The zero-order chi connectivity index (χ0) is 25.3. The Morgan fingerprint density at radius 3 is 2.44 bits per heavy atom. The fourth-order valence-electron chi connectivity index (χ4n) is 3.34. The molecule has 4 N–H and O–H groups in total. The summed E-state index contributed by atoms with van der Waals surface area (Å²) in [5, 5.41) is 27.5. The van der Waals surface area contributed by atoms with Gasteiger partial charge in [0, 0.05) is 37.9 Å². The summed E-state index contributed by atoms with van der Waals surface area (Å²) in [6.45, 7) is 1.77. The Hall–Kier alpha value is -3.96. The minimum absolute atomic E-state index is 0.0459. The lowest BCUT2D eigenvalue weighted by atomic mass is 10.2. The maximum atomic E-state index is 12.8. The number of benzene rings is 1. The summed E-state index contributed by atoms with van der Waals surface area (Å²) in [4.78, 5) is 60.1. The van der Waals surface area contributed by atoms with Crippen molar-refractivity contribution in [3.05, 3.63) is 30.0 Å². The van der Waals surface area contributed by atoms with Crippen molar-refractivity contribution in [2.75, 3.05) is 20.1 Å². The molecule has 0 saturated carbocycles. The lowest BCUT2D eigenvalue weighted by Gasteiger charge is -2.19. The maximum Gasteiger partial charge on any atom is 0.357 e. The molecule has 0 aliphatic rings. The van der Waals surface area contributed by atoms with Crippen LogP contribution in [0.5, 0.6) is 0 Å². The second-order valence-electron chi connectivity index (χ2n) is 7.95. The number of aromatic nitrogens is 2. The van der Waals surface area contributed by atoms with Crippen LogP contribution in [0.2, 0.25) is 0 Å². The SMILES string of the molecule is C[C@@H](CC(=O)NCCCCCC(=O)O)NC(=O)CN(C)C(=O)n1nc(C(=O)O)c2ccccc21. The second kappa shape index (κ2) is 12.3. The highest BCUT2D eigenvalue weighted by atomic mass is 16.4. The van der Waals surface area contributed by atoms with Crippen molar-refractivity contribution in [2.45, 2.75) is 45.1 Å². The van der Waals surface area contributed by atoms with Crippen molar-refractivity contribution >= 4 is 40.7 Å². The summed E-state index contributed by atoms with van der Waals surface area (Å²) in [7, 11) is 1.39. The standard InChI is InChI=1S/C22H29N5O7/c1-14(12-17(28)23-11-7-3-4-10-19(30)31)24-18(29)13-26(2)22(34)27-16-9-6-5-8-15(16)20(25-27)21(32)33/h5-6,8-9,14H,3-4,7,10-13H2,1-2H3,(H,23,28)(H,24,29)(H,30,31)(H,32,33)/t14-/m0/s1. The Morgan fingerprint density at radius 2 is 1.76 bits per heavy atom. The van der Waals surface area contributed by atoms with E-state index in [-0.39, 0.29) is 31.0 Å². The summed E-state index contributed by atoms with van der Waals surface area (Å²) < 4.78 is 0.944. The molecule has 1 atom stereocenters. The fraction of sp³-hybridized carbons (Fsp3) is 0.455. The first kappa shape index (κ1) is 26.3. The van der Waals surface area contributed by atoms with Gasteiger partial charge < -0.3 is 25.7 Å². The molecule has 0 unspecified atom stereocenters. The molecular weight excluding hydrogens is 446 g/mol. The molecule has 1 aromatic heterocycles. The van der Waals surface area contributed by atoms with E-state index in [0.29, 0.717) is 36.7 Å². The van der Waals surface area contributed by atoms with Gasteiger partial charge in [-0.25, -0.2) is 9.59 Å². The Balaban J connectivity index is 1.82. The van der Waals surface area contributed by atoms with Gasteiger partial charge in [0.2, 0.25) is 11.8 Å². The Morgan fingerprint density at radius 1 is 1.06 bits per heavy atom. The molecular formula is C22H29N5O7. The number of aromatic carboxylic acids is 1. The number of carboxylic acid groups (broad SMARTS) is 2. The van der Waals surface area contributed by atoms with Gasteiger partial charge in [-0.15, -0.1) is 0 Å². The Kier molecular flexibility index (Phi) is 9.53. The highest BCUT2D eigenvalue weighted by Gasteiger charge is 2.23. The maximum absolute atomic E-state index is 12.8. The summed E-state index contributed by atoms with van der Waals surface area (Å²) in [6.07, 6.45) is 2.06. The van der Waals surface area contributed by atoms with Gasteiger partial charge in [-0.2, -0.15) is 9.78 Å². The number of aliphatic carboxylic acids is 1. The third-order valence-electron chi connectivity index (χ3n) is 4.97. The molecule has 0 radical (unpaired) electrons. The number of para-hydroxylation sites is 1. The average molecular weight is 476 g/mol. The smallest absolute Gasteiger partial charge is 0.357 e. The lowest BCUT2D eigenvalue weighted by molar-refractivity contribution is -0.137. The molecule has 0 aliphatic heterocycles. The third-order valence-corrected chi connectivity index (χ3v) is 4.97. The van der Waals surface area contributed by atoms with Gasteiger partial charge in [0.15, 0.2) is 5.69 Å². The summed E-state index contributed by atoms with van der Waals surface area (Å²) in [5.41, 5.74) is 0.0495. The van der Waals surface area contributed by atoms with Crippen LogP contribution < -0.4 is 10.6 Å². The molecule has 184 valence electrons. The Bertz CT molecular complexity index is 1070. The largest absolute Gasteiger partial charge is 0.481 e. The first-order valence-corrected chi connectivity index (χ1v) is 10.8. The van der Waals surface area contributed by atoms with E-state index in [1.165, 1.54) is 7.05 Å². The van der Waals surface area contributed by atoms with Gasteiger partial charge in [-0.3, -0.25) is 14.4 Å². The van der Waals surface area contributed by atoms with Crippen LogP contribution in [-0.4, -0.2) is 80.9 Å². The summed E-state index contributed by atoms with van der Waals surface area (Å²) >= 11 is 0. The number of nitrogens with one attached hydrogen (secondary N) is 2. The van der Waals surface area contributed by atoms with E-state index in [1.807, 2.05) is 0 Å². The van der Waals surface area contributed by atoms with E-state index in [0.717, 1.165) is 9.58 Å². The molecule has 0 bridgehead atoms. The van der Waals surface area contributed by atoms with Crippen molar-refractivity contribution in [2.24, 2.45) is 0 Å². The van der Waals surface area contributed by atoms with Crippen LogP contribution in [0.25, 0.3) is 10.9 Å². The van der Waals surface area contributed by atoms with E-state index in [1.54, 1.807) is 31.2 Å². The quantitative estimate of drug-likeness (QED) is 0.333. The number of carbonyl (C=O) groups is 5. The van der Waals surface area contributed by atoms with Gasteiger partial charge in [0.1, 0.15) is 6.54 Å². The monoisotopic (exact) mass is 475 g/mol. The van der Waals surface area contributed by atoms with Crippen LogP contribution >= 0.6 is 0 Å². The molecule has 0 saturated heterocycles. The third kappa shape index (κ3) is 7.57. The van der Waals surface area contributed by atoms with Crippen molar-refractivity contribution in [3.8, 4) is 0 Å². The number of likely N-dealkylation sites (N-methyl/N-ethyl adjacent to an activating group) is 1. The molecule has 34 heavy (non-hydrogen) atoms. The molecule has 1 heterocycles. The molecule has 0 aliphatic carbocycles. The average Bonchev–Trinajstić information content (AvgIpc) is 3.15. The highest BCUT2D eigenvalue weighted by molar-refractivity contribution is 6.04. The van der Waals surface area contributed by atoms with Crippen LogP contribution in [0.3, 0.4) is 0 Å². The minimum Gasteiger partial charge on any atom is -0.481 e. The molecule has 12 nitrogen and oxygen atoms in total. The van der Waals surface area contributed by atoms with Crippen LogP contribution in [-0.2, 0) is 14.4 Å². The van der Waals surface area contributed by atoms with E-state index < -0.39 is 29.9 Å². The predicted octanol–water partition coefficient (Wildman–Crippen LogP) is 1.29. The number of fused-ring (bicyclic) bond motifs is 1. The number of carbonyl (C=O) groups excluding carboxylic acids is 3. The molecule has 12 heteroatoms. The van der Waals surface area contributed by atoms with Gasteiger partial charge >= 0.3 is 18.0 Å². The highest BCUT2D eigenvalue weighted by Crippen LogP contribution is 2.18. The second-order valence-corrected chi connectivity index (χ2v) is 7.95. The van der Waals surface area contributed by atoms with Crippen LogP contribution in [0.1, 0.15) is 49.5 Å². The zero-order valence-electron chi connectivity index (χ0n) is 19.1. The first-order valence-electron chi connectivity index (χ1n) is 10.8. The number of unbranched alkanes of at least 4 members (excludes halogenated alkanes) is 2. The van der Waals surface area contributed by atoms with Gasteiger partial charge in [-0.1, -0.05) is 24.6 Å². The van der Waals surface area contributed by atoms with E-state index in [4.69, 9.17) is 5.11 Å². The van der Waals surface area contributed by atoms with E-state index >= 15 is 0 Å². The molecule has 1 aromatic carbocycles.